The van der Waals surface area contributed by atoms with Gasteiger partial charge < -0.3 is 55.1 Å². The van der Waals surface area contributed by atoms with Gasteiger partial charge in [0.05, 0.1) is 44.6 Å². The number of carbonyl (C=O) groups is 7. The minimum absolute atomic E-state index is 0. The minimum Gasteiger partial charge on any atom is -0.479 e. The SMILES string of the molecule is CCC[C@@H](O)C(=O)O.CCC[C@@H](OC(=O)Nc1ccc(Cl)s1)C(=O)Nc1ccc(N2CCOCC2=O)cc1.CCC[C@@H](OC(=O)Nc1ccc(Cl)s1)C(=O)O.Nc1ccc(N2CCOCC2=O)cc1.O=C=Nc1ccc(Cl)s1.[3H][B][3H].[U]. The summed E-state index contributed by atoms with van der Waals surface area (Å²) >= 11 is 20.7. The molecule has 2 fully saturated rings. The number of nitrogens with one attached hydrogen (secondary N) is 3. The third-order valence-electron chi connectivity index (χ3n) is 9.95. The molecule has 22 nitrogen and oxygen atoms in total. The fourth-order valence-electron chi connectivity index (χ4n) is 6.27. The number of isocyanates is 1. The van der Waals surface area contributed by atoms with E-state index >= 15 is 0 Å². The molecule has 0 aliphatic carbocycles. The van der Waals surface area contributed by atoms with Crippen LogP contribution in [0.4, 0.5) is 47.3 Å². The fraction of sp³-hybridized carbons (Fsp3) is 0.360. The Balaban J connectivity index is 0.000000550. The molecule has 7 rings (SSSR count). The van der Waals surface area contributed by atoms with E-state index in [9.17, 15) is 38.4 Å². The Morgan fingerprint density at radius 2 is 1.14 bits per heavy atom. The van der Waals surface area contributed by atoms with Gasteiger partial charge in [-0.15, -0.1) is 34.0 Å². The van der Waals surface area contributed by atoms with Crippen molar-refractivity contribution in [3.8, 4) is 0 Å². The number of halogens is 3. The van der Waals surface area contributed by atoms with Gasteiger partial charge in [-0.1, -0.05) is 74.8 Å². The van der Waals surface area contributed by atoms with E-state index < -0.39 is 48.3 Å². The molecular weight excluding hydrogens is 1390 g/mol. The number of rotatable bonds is 17. The molecular formula is C50H60BCl3N7O15S3U. The second kappa shape index (κ2) is 39.8. The molecule has 0 saturated carbocycles. The van der Waals surface area contributed by atoms with Crippen molar-refractivity contribution in [3.63, 3.8) is 0 Å². The molecule has 431 valence electrons. The molecule has 0 spiro atoms. The molecule has 2 saturated heterocycles. The zero-order valence-corrected chi connectivity index (χ0v) is 52.3. The molecule has 8 N–H and O–H groups in total. The molecule has 5 aromatic rings. The average molecular weight is 1450 g/mol. The van der Waals surface area contributed by atoms with E-state index in [0.29, 0.717) is 106 Å². The number of hydrogen-bond donors (Lipinski definition) is 7. The number of carbonyl (C=O) groups excluding carboxylic acids is 6. The molecule has 80 heavy (non-hydrogen) atoms. The molecule has 0 bridgehead atoms. The summed E-state index contributed by atoms with van der Waals surface area (Å²) in [6.07, 6.45) is -0.313. The quantitative estimate of drug-likeness (QED) is 0.0197. The van der Waals surface area contributed by atoms with Crippen molar-refractivity contribution in [2.24, 2.45) is 4.99 Å². The number of benzene rings is 2. The summed E-state index contributed by atoms with van der Waals surface area (Å²) in [5, 5.41) is 34.8. The number of thiophene rings is 3. The van der Waals surface area contributed by atoms with Crippen LogP contribution in [0, 0.1) is 31.1 Å². The van der Waals surface area contributed by atoms with E-state index in [1.54, 1.807) is 82.6 Å². The number of nitrogen functional groups attached to an aromatic ring is 1. The van der Waals surface area contributed by atoms with Crippen LogP contribution in [0.3, 0.4) is 0 Å². The molecule has 2 aromatic carbocycles. The normalized spacial score (nSPS) is 13.6. The molecule has 3 atom stereocenters. The number of anilines is 6. The molecule has 5 amide bonds. The Bertz CT molecular complexity index is 2800. The first-order valence-electron chi connectivity index (χ1n) is 24.9. The first-order chi connectivity index (χ1) is 38.7. The summed E-state index contributed by atoms with van der Waals surface area (Å²) in [5.74, 6) is -2.81. The second-order valence-electron chi connectivity index (χ2n) is 15.9. The standard InChI is InChI=1S/C20H22ClN3O5S.C10H12ClNO4S.C10H12N2O2.C5H2ClNOS.C5H10O3.BH2.U/c1-2-3-15(29-20(27)23-17-9-8-16(21)30-17)19(26)22-13-4-6-14(7-5-13)24-10-11-28-12-18(24)25;1-2-3-6(9(13)14)16-10(15)12-8-5-4-7(11)17-8;11-8-1-3-9(4-2-8)12-5-6-14-7-10(12)13;6-4-1-2-5(9-4)7-3-8;1-2-3-4(6)5(7)8;;/h4-9,15H,2-3,10-12H2,1H3,(H,22,26)(H,23,27);4-6H,2-3H2,1H3,(H,12,15)(H,13,14);1-4H,5-7,11H2;1-2H;4,6H,2-3H2,1H3,(H,7,8);1H2;/t15-;6-;;;4-;;/m11..1../s1/i;;;;;1T2;. The number of aliphatic hydroxyl groups excluding tert-OH is 1. The number of carboxylic acid groups (broad SMARTS) is 2. The largest absolute Gasteiger partial charge is 0.479 e. The third-order valence-corrected chi connectivity index (χ3v) is 13.4. The number of morpholine rings is 2. The summed E-state index contributed by atoms with van der Waals surface area (Å²) in [6, 6.07) is 24.1. The summed E-state index contributed by atoms with van der Waals surface area (Å²) < 4.78 is 33.5. The zero-order chi connectivity index (χ0) is 60.3. The molecule has 0 unspecified atom stereocenters. The number of aliphatic imine (C=N–C) groups is 1. The van der Waals surface area contributed by atoms with E-state index in [1.807, 2.05) is 32.9 Å². The van der Waals surface area contributed by atoms with E-state index in [4.69, 9.17) is 77.5 Å². The van der Waals surface area contributed by atoms with Gasteiger partial charge in [-0.2, -0.15) is 4.99 Å². The van der Waals surface area contributed by atoms with Crippen LogP contribution in [0.15, 0.2) is 89.9 Å². The van der Waals surface area contributed by atoms with E-state index in [-0.39, 0.29) is 62.6 Å². The van der Waals surface area contributed by atoms with Crippen molar-refractivity contribution < 1.29 is 104 Å². The predicted octanol–water partition coefficient (Wildman–Crippen LogP) is 9.64. The van der Waals surface area contributed by atoms with Crippen LogP contribution in [-0.2, 0) is 47.7 Å². The molecule has 5 heterocycles. The van der Waals surface area contributed by atoms with Crippen molar-refractivity contribution in [3.05, 3.63) is 97.9 Å². The van der Waals surface area contributed by atoms with E-state index in [1.165, 1.54) is 40.1 Å². The van der Waals surface area contributed by atoms with Crippen LogP contribution in [-0.4, -0.2) is 132 Å². The number of nitrogens with zero attached hydrogens (tertiary/aromatic N) is 3. The van der Waals surface area contributed by atoms with Gasteiger partial charge in [0.15, 0.2) is 12.2 Å². The Kier molecular flexibility index (Phi) is 34.2. The molecule has 1 radical (unpaired) electrons. The van der Waals surface area contributed by atoms with E-state index in [0.717, 1.165) is 11.4 Å². The smallest absolute Gasteiger partial charge is 0.413 e. The fourth-order valence-corrected chi connectivity index (χ4v) is 8.99. The van der Waals surface area contributed by atoms with Crippen molar-refractivity contribution in [1.29, 1.82) is 2.67 Å². The predicted molar refractivity (Wildman–Crippen MR) is 310 cm³/mol. The Hall–Kier alpha value is -5.52. The summed E-state index contributed by atoms with van der Waals surface area (Å²) in [7, 11) is 0.500. The summed E-state index contributed by atoms with van der Waals surface area (Å²) in [4.78, 5) is 96.4. The summed E-state index contributed by atoms with van der Waals surface area (Å²) in [6.45, 7) is 7.95. The Morgan fingerprint density at radius 3 is 1.51 bits per heavy atom. The van der Waals surface area contributed by atoms with Crippen molar-refractivity contribution in [1.82, 2.24) is 0 Å². The summed E-state index contributed by atoms with van der Waals surface area (Å²) in [5.41, 5.74) is 8.42. The first kappa shape index (κ1) is 68.7. The van der Waals surface area contributed by atoms with Gasteiger partial charge >= 0.3 is 24.1 Å². The number of ether oxygens (including phenoxy) is 4. The molecule has 3 aromatic heterocycles. The van der Waals surface area contributed by atoms with Crippen LogP contribution in [0.25, 0.3) is 0 Å². The number of amides is 5. The maximum Gasteiger partial charge on any atom is 0.413 e. The topological polar surface area (TPSA) is 315 Å². The number of hydrogen-bond acceptors (Lipinski definition) is 18. The van der Waals surface area contributed by atoms with E-state index in [2.05, 4.69) is 20.9 Å². The third kappa shape index (κ3) is 27.8. The molecule has 30 heteroatoms. The maximum absolute atomic E-state index is 12.6. The average Bonchev–Trinajstić information content (AvgIpc) is 4.20. The first-order valence-corrected chi connectivity index (χ1v) is 27.3. The van der Waals surface area contributed by atoms with Gasteiger partial charge in [-0.25, -0.2) is 24.0 Å². The second-order valence-corrected chi connectivity index (χ2v) is 21.0. The van der Waals surface area contributed by atoms with Crippen molar-refractivity contribution in [2.75, 3.05) is 71.0 Å². The van der Waals surface area contributed by atoms with Crippen LogP contribution in [0.2, 0.25) is 13.0 Å². The molecule has 2 aliphatic heterocycles. The van der Waals surface area contributed by atoms with Gasteiger partial charge in [0.25, 0.3) is 17.7 Å². The maximum atomic E-state index is 12.6. The van der Waals surface area contributed by atoms with Gasteiger partial charge in [0.2, 0.25) is 12.2 Å². The number of aliphatic carboxylic acids is 2. The monoisotopic (exact) mass is 1450 g/mol. The van der Waals surface area contributed by atoms with Crippen molar-refractivity contribution >= 4 is 163 Å². The van der Waals surface area contributed by atoms with Gasteiger partial charge in [0, 0.05) is 67.0 Å². The van der Waals surface area contributed by atoms with Crippen LogP contribution >= 0.6 is 68.8 Å². The van der Waals surface area contributed by atoms with Gasteiger partial charge in [0.1, 0.15) is 18.2 Å². The minimum atomic E-state index is -1.17. The number of aliphatic hydroxyl groups is 1. The van der Waals surface area contributed by atoms with Crippen LogP contribution in [0.1, 0.15) is 59.3 Å². The van der Waals surface area contributed by atoms with Crippen LogP contribution < -0.4 is 31.5 Å². The Labute approximate surface area is 516 Å². The zero-order valence-electron chi connectivity index (χ0n) is 45.4. The number of nitrogens with two attached hydrogens (primary N) is 1. The number of carboxylic acids is 2. The van der Waals surface area contributed by atoms with Gasteiger partial charge in [-0.05, 0) is 107 Å². The Morgan fingerprint density at radius 1 is 0.700 bits per heavy atom. The van der Waals surface area contributed by atoms with Gasteiger partial charge in [-0.3, -0.25) is 25.0 Å². The van der Waals surface area contributed by atoms with Crippen LogP contribution in [0.5, 0.6) is 0 Å². The molecule has 2 aliphatic rings. The van der Waals surface area contributed by atoms with Crippen molar-refractivity contribution in [2.45, 2.75) is 77.6 Å².